The number of nitrogens with zero attached hydrogens (tertiary/aromatic N) is 2. The molecule has 1 heterocycles. The molecular weight excluding hydrogens is 330 g/mol. The van der Waals surface area contributed by atoms with Crippen LogP contribution in [0.3, 0.4) is 0 Å². The van der Waals surface area contributed by atoms with Crippen molar-refractivity contribution in [3.8, 4) is 0 Å². The third kappa shape index (κ3) is 2.59. The molecule has 0 bridgehead atoms. The summed E-state index contributed by atoms with van der Waals surface area (Å²) in [5, 5.41) is 0.673. The van der Waals surface area contributed by atoms with E-state index in [1.54, 1.807) is 7.11 Å². The fraction of sp³-hybridized carbons (Fsp3) is 0.462. The molecule has 19 heavy (non-hydrogen) atoms. The Balaban J connectivity index is 2.43. The molecule has 0 radical (unpaired) electrons. The molecule has 1 aromatic rings. The lowest BCUT2D eigenvalue weighted by molar-refractivity contribution is 0.138. The second-order valence-electron chi connectivity index (χ2n) is 4.62. The molecule has 1 aliphatic rings. The molecule has 0 spiro atoms. The van der Waals surface area contributed by atoms with E-state index in [1.165, 1.54) is 0 Å². The van der Waals surface area contributed by atoms with Crippen molar-refractivity contribution in [2.75, 3.05) is 25.2 Å². The summed E-state index contributed by atoms with van der Waals surface area (Å²) in [7, 11) is 1.70. The van der Waals surface area contributed by atoms with Crippen LogP contribution in [0.5, 0.6) is 0 Å². The van der Waals surface area contributed by atoms with E-state index in [2.05, 4.69) is 27.8 Å². The number of anilines is 1. The minimum Gasteiger partial charge on any atom is -0.382 e. The number of nitrogens with two attached hydrogens (primary N) is 1. The van der Waals surface area contributed by atoms with E-state index in [1.807, 2.05) is 23.1 Å². The lowest BCUT2D eigenvalue weighted by atomic mass is 9.95. The Kier molecular flexibility index (Phi) is 4.38. The van der Waals surface area contributed by atoms with Gasteiger partial charge < -0.3 is 15.4 Å². The molecule has 104 valence electrons. The van der Waals surface area contributed by atoms with Crippen LogP contribution in [0.15, 0.2) is 27.7 Å². The highest BCUT2D eigenvalue weighted by Gasteiger charge is 2.42. The van der Waals surface area contributed by atoms with E-state index in [0.29, 0.717) is 24.1 Å². The van der Waals surface area contributed by atoms with Gasteiger partial charge in [0, 0.05) is 17.3 Å². The van der Waals surface area contributed by atoms with Crippen LogP contribution in [0.4, 0.5) is 5.69 Å². The molecule has 0 saturated heterocycles. The smallest absolute Gasteiger partial charge is 0.196 e. The molecule has 0 fully saturated rings. The van der Waals surface area contributed by atoms with E-state index in [4.69, 9.17) is 22.1 Å². The maximum absolute atomic E-state index is 6.05. The quantitative estimate of drug-likeness (QED) is 0.911. The van der Waals surface area contributed by atoms with Gasteiger partial charge in [-0.3, -0.25) is 4.99 Å². The molecule has 0 aliphatic carbocycles. The van der Waals surface area contributed by atoms with Crippen LogP contribution in [0.25, 0.3) is 0 Å². The highest BCUT2D eigenvalue weighted by molar-refractivity contribution is 9.10. The summed E-state index contributed by atoms with van der Waals surface area (Å²) in [5.41, 5.74) is 6.80. The first kappa shape index (κ1) is 14.6. The number of ether oxygens (including phenoxy) is 1. The van der Waals surface area contributed by atoms with Gasteiger partial charge in [-0.2, -0.15) is 0 Å². The number of aliphatic imine (C=N–C) groups is 1. The maximum Gasteiger partial charge on any atom is 0.196 e. The zero-order valence-electron chi connectivity index (χ0n) is 11.0. The summed E-state index contributed by atoms with van der Waals surface area (Å²) >= 11 is 9.48. The van der Waals surface area contributed by atoms with Gasteiger partial charge in [0.1, 0.15) is 0 Å². The summed E-state index contributed by atoms with van der Waals surface area (Å²) in [6, 6.07) is 5.75. The van der Waals surface area contributed by atoms with Crippen molar-refractivity contribution >= 4 is 39.2 Å². The van der Waals surface area contributed by atoms with Crippen LogP contribution in [0.1, 0.15) is 13.3 Å². The largest absolute Gasteiger partial charge is 0.382 e. The minimum absolute atomic E-state index is 0.216. The van der Waals surface area contributed by atoms with E-state index >= 15 is 0 Å². The predicted molar refractivity (Wildman–Crippen MR) is 83.0 cm³/mol. The molecule has 1 aromatic carbocycles. The normalized spacial score (nSPS) is 22.7. The van der Waals surface area contributed by atoms with Crippen molar-refractivity contribution in [3.63, 3.8) is 0 Å². The Labute approximate surface area is 126 Å². The van der Waals surface area contributed by atoms with Gasteiger partial charge in [-0.1, -0.05) is 18.5 Å². The lowest BCUT2D eigenvalue weighted by Crippen LogP contribution is -2.54. The van der Waals surface area contributed by atoms with Crippen molar-refractivity contribution in [3.05, 3.63) is 27.7 Å². The summed E-state index contributed by atoms with van der Waals surface area (Å²) in [6.45, 7) is 3.34. The SMILES string of the molecule is CCC1(COC)CN=C(N)N1c1ccc(Cl)c(Br)c1. The number of hydrogen-bond acceptors (Lipinski definition) is 4. The standard InChI is InChI=1S/C13H17BrClN3O/c1-3-13(8-19-2)7-17-12(16)18(13)9-4-5-11(15)10(14)6-9/h4-6H,3,7-8H2,1-2H3,(H2,16,17). The zero-order chi connectivity index (χ0) is 14.0. The Bertz CT molecular complexity index is 509. The van der Waals surface area contributed by atoms with Gasteiger partial charge in [0.2, 0.25) is 0 Å². The number of halogens is 2. The van der Waals surface area contributed by atoms with Gasteiger partial charge in [-0.25, -0.2) is 0 Å². The number of guanidine groups is 1. The van der Waals surface area contributed by atoms with E-state index in [-0.39, 0.29) is 5.54 Å². The lowest BCUT2D eigenvalue weighted by Gasteiger charge is -2.38. The number of hydrogen-bond donors (Lipinski definition) is 1. The molecular formula is C13H17BrClN3O. The number of rotatable bonds is 4. The molecule has 0 amide bonds. The van der Waals surface area contributed by atoms with E-state index < -0.39 is 0 Å². The van der Waals surface area contributed by atoms with Crippen molar-refractivity contribution in [1.29, 1.82) is 0 Å². The first-order valence-corrected chi connectivity index (χ1v) is 7.25. The van der Waals surface area contributed by atoms with Crippen LogP contribution in [-0.4, -0.2) is 31.8 Å². The Morgan fingerprint density at radius 2 is 2.32 bits per heavy atom. The Hall–Kier alpha value is -0.780. The van der Waals surface area contributed by atoms with Gasteiger partial charge in [0.15, 0.2) is 5.96 Å². The predicted octanol–water partition coefficient (Wildman–Crippen LogP) is 3.03. The number of benzene rings is 1. The molecule has 1 unspecified atom stereocenters. The Morgan fingerprint density at radius 1 is 1.58 bits per heavy atom. The molecule has 1 aliphatic heterocycles. The topological polar surface area (TPSA) is 50.9 Å². The van der Waals surface area contributed by atoms with Crippen LogP contribution >= 0.6 is 27.5 Å². The van der Waals surface area contributed by atoms with Crippen LogP contribution in [0.2, 0.25) is 5.02 Å². The third-order valence-corrected chi connectivity index (χ3v) is 4.69. The van der Waals surface area contributed by atoms with Crippen molar-refractivity contribution < 1.29 is 4.74 Å². The molecule has 4 nitrogen and oxygen atoms in total. The van der Waals surface area contributed by atoms with E-state index in [9.17, 15) is 0 Å². The van der Waals surface area contributed by atoms with Crippen molar-refractivity contribution in [2.45, 2.75) is 18.9 Å². The molecule has 6 heteroatoms. The summed E-state index contributed by atoms with van der Waals surface area (Å²) < 4.78 is 6.21. The highest BCUT2D eigenvalue weighted by atomic mass is 79.9. The molecule has 2 N–H and O–H groups in total. The zero-order valence-corrected chi connectivity index (χ0v) is 13.3. The first-order valence-electron chi connectivity index (χ1n) is 6.08. The fourth-order valence-electron chi connectivity index (χ4n) is 2.39. The van der Waals surface area contributed by atoms with Crippen molar-refractivity contribution in [2.24, 2.45) is 10.7 Å². The van der Waals surface area contributed by atoms with Crippen LogP contribution in [0, 0.1) is 0 Å². The summed E-state index contributed by atoms with van der Waals surface area (Å²) in [5.74, 6) is 0.521. The van der Waals surface area contributed by atoms with Crippen molar-refractivity contribution in [1.82, 2.24) is 0 Å². The molecule has 0 saturated carbocycles. The van der Waals surface area contributed by atoms with Crippen LogP contribution < -0.4 is 10.6 Å². The van der Waals surface area contributed by atoms with Gasteiger partial charge in [0.25, 0.3) is 0 Å². The van der Waals surface area contributed by atoms with E-state index in [0.717, 1.165) is 16.6 Å². The average molecular weight is 347 g/mol. The van der Waals surface area contributed by atoms with Gasteiger partial charge in [0.05, 0.1) is 23.7 Å². The second kappa shape index (κ2) is 5.69. The maximum atomic E-state index is 6.05. The first-order chi connectivity index (χ1) is 9.04. The average Bonchev–Trinajstić information content (AvgIpc) is 2.71. The summed E-state index contributed by atoms with van der Waals surface area (Å²) in [6.07, 6.45) is 0.894. The van der Waals surface area contributed by atoms with Gasteiger partial charge in [-0.05, 0) is 40.5 Å². The van der Waals surface area contributed by atoms with Gasteiger partial charge in [-0.15, -0.1) is 0 Å². The van der Waals surface area contributed by atoms with Gasteiger partial charge >= 0.3 is 0 Å². The van der Waals surface area contributed by atoms with Crippen LogP contribution in [-0.2, 0) is 4.74 Å². The Morgan fingerprint density at radius 3 is 2.89 bits per heavy atom. The fourth-order valence-corrected chi connectivity index (χ4v) is 2.88. The molecule has 1 atom stereocenters. The number of methoxy groups -OCH3 is 1. The second-order valence-corrected chi connectivity index (χ2v) is 5.88. The molecule has 2 rings (SSSR count). The highest BCUT2D eigenvalue weighted by Crippen LogP contribution is 2.35. The third-order valence-electron chi connectivity index (χ3n) is 3.47. The molecule has 0 aromatic heterocycles. The summed E-state index contributed by atoms with van der Waals surface area (Å²) in [4.78, 5) is 6.42. The monoisotopic (exact) mass is 345 g/mol. The minimum atomic E-state index is -0.216.